The molecule has 3 heterocycles. The molecule has 3 N–H and O–H groups in total. The number of hydrogen-bond donors (Lipinski definition) is 2. The first kappa shape index (κ1) is 26.4. The Morgan fingerprint density at radius 1 is 1.11 bits per heavy atom. The summed E-state index contributed by atoms with van der Waals surface area (Å²) in [5, 5.41) is 18.8. The lowest BCUT2D eigenvalue weighted by Gasteiger charge is -2.37. The van der Waals surface area contributed by atoms with Gasteiger partial charge in [0.15, 0.2) is 11.5 Å². The average Bonchev–Trinajstić information content (AvgIpc) is 3.31. The fourth-order valence-corrected chi connectivity index (χ4v) is 5.32. The van der Waals surface area contributed by atoms with Crippen molar-refractivity contribution in [2.24, 2.45) is 11.7 Å². The highest BCUT2D eigenvalue weighted by Gasteiger charge is 2.43. The lowest BCUT2D eigenvalue weighted by atomic mass is 9.74. The maximum atomic E-state index is 14.3. The molecule has 0 spiro atoms. The molecule has 1 aromatic carbocycles. The van der Waals surface area contributed by atoms with Crippen molar-refractivity contribution in [1.82, 2.24) is 19.6 Å². The second-order valence-corrected chi connectivity index (χ2v) is 10.7. The van der Waals surface area contributed by atoms with E-state index in [1.807, 2.05) is 38.1 Å². The molecular formula is C28H32F3N5O2. The minimum absolute atomic E-state index is 0.0297. The molecular weight excluding hydrogens is 495 g/mol. The lowest BCUT2D eigenvalue weighted by Crippen LogP contribution is -2.46. The van der Waals surface area contributed by atoms with Gasteiger partial charge in [0.05, 0.1) is 18.6 Å². The number of para-hydroxylation sites is 1. The highest BCUT2D eigenvalue weighted by atomic mass is 19.4. The van der Waals surface area contributed by atoms with E-state index < -0.39 is 17.6 Å². The molecule has 3 aromatic heterocycles. The van der Waals surface area contributed by atoms with E-state index in [4.69, 9.17) is 15.5 Å². The van der Waals surface area contributed by atoms with Crippen LogP contribution in [0.15, 0.2) is 48.7 Å². The van der Waals surface area contributed by atoms with Crippen molar-refractivity contribution in [1.29, 1.82) is 0 Å². The summed E-state index contributed by atoms with van der Waals surface area (Å²) in [6.07, 6.45) is -0.853. The predicted octanol–water partition coefficient (Wildman–Crippen LogP) is 5.65. The molecule has 0 saturated heterocycles. The maximum Gasteiger partial charge on any atom is 0.395 e. The van der Waals surface area contributed by atoms with Gasteiger partial charge in [0.25, 0.3) is 0 Å². The molecule has 5 rings (SSSR count). The van der Waals surface area contributed by atoms with Gasteiger partial charge in [0.2, 0.25) is 0 Å². The largest absolute Gasteiger partial charge is 0.489 e. The van der Waals surface area contributed by atoms with E-state index in [2.05, 4.69) is 10.2 Å². The predicted molar refractivity (Wildman–Crippen MR) is 139 cm³/mol. The first-order valence-electron chi connectivity index (χ1n) is 12.9. The number of nitrogens with zero attached hydrogens (tertiary/aromatic N) is 4. The molecule has 202 valence electrons. The summed E-state index contributed by atoms with van der Waals surface area (Å²) in [4.78, 5) is 4.76. The van der Waals surface area contributed by atoms with Crippen LogP contribution in [-0.4, -0.2) is 49.1 Å². The second kappa shape index (κ2) is 10.1. The Morgan fingerprint density at radius 3 is 2.55 bits per heavy atom. The summed E-state index contributed by atoms with van der Waals surface area (Å²) >= 11 is 0. The van der Waals surface area contributed by atoms with Crippen molar-refractivity contribution in [3.63, 3.8) is 0 Å². The molecule has 1 saturated carbocycles. The molecule has 4 aromatic rings. The Balaban J connectivity index is 1.49. The summed E-state index contributed by atoms with van der Waals surface area (Å²) in [6, 6.07) is 12.4. The third kappa shape index (κ3) is 5.33. The summed E-state index contributed by atoms with van der Waals surface area (Å²) < 4.78 is 50.5. The molecule has 10 heteroatoms. The fraction of sp³-hybridized carbons (Fsp3) is 0.464. The van der Waals surface area contributed by atoms with Gasteiger partial charge in [-0.2, -0.15) is 13.2 Å². The van der Waals surface area contributed by atoms with E-state index in [9.17, 15) is 18.3 Å². The number of halogens is 3. The van der Waals surface area contributed by atoms with Gasteiger partial charge in [-0.15, -0.1) is 10.2 Å². The zero-order valence-electron chi connectivity index (χ0n) is 21.4. The number of nitrogens with two attached hydrogens (primary N) is 1. The molecule has 1 aliphatic carbocycles. The van der Waals surface area contributed by atoms with Gasteiger partial charge in [-0.05, 0) is 75.6 Å². The summed E-state index contributed by atoms with van der Waals surface area (Å²) in [7, 11) is 0. The molecule has 0 unspecified atom stereocenters. The molecule has 1 aliphatic rings. The van der Waals surface area contributed by atoms with Gasteiger partial charge < -0.3 is 15.6 Å². The van der Waals surface area contributed by atoms with Crippen molar-refractivity contribution in [2.45, 2.75) is 69.7 Å². The third-order valence-corrected chi connectivity index (χ3v) is 7.48. The molecule has 0 bridgehead atoms. The van der Waals surface area contributed by atoms with Crippen LogP contribution in [0.25, 0.3) is 28.1 Å². The topological polar surface area (TPSA) is 98.6 Å². The van der Waals surface area contributed by atoms with Gasteiger partial charge in [-0.25, -0.2) is 4.98 Å². The highest BCUT2D eigenvalue weighted by molar-refractivity contribution is 5.86. The number of ether oxygens (including phenoxy) is 1. The molecule has 1 fully saturated rings. The molecule has 0 radical (unpaired) electrons. The number of hydrogen-bond acceptors (Lipinski definition) is 6. The van der Waals surface area contributed by atoms with Crippen LogP contribution in [0.5, 0.6) is 5.75 Å². The number of aromatic nitrogens is 4. The van der Waals surface area contributed by atoms with E-state index in [1.165, 1.54) is 12.3 Å². The Labute approximate surface area is 218 Å². The minimum atomic E-state index is -4.42. The van der Waals surface area contributed by atoms with Gasteiger partial charge in [-0.1, -0.05) is 24.3 Å². The van der Waals surface area contributed by atoms with Crippen LogP contribution in [0, 0.1) is 5.92 Å². The number of aliphatic hydroxyl groups is 1. The first-order chi connectivity index (χ1) is 18.1. The van der Waals surface area contributed by atoms with Crippen molar-refractivity contribution in [2.75, 3.05) is 6.61 Å². The first-order valence-corrected chi connectivity index (χ1v) is 12.9. The van der Waals surface area contributed by atoms with E-state index in [1.54, 1.807) is 16.5 Å². The second-order valence-electron chi connectivity index (χ2n) is 10.7. The van der Waals surface area contributed by atoms with Crippen LogP contribution in [0.4, 0.5) is 13.2 Å². The van der Waals surface area contributed by atoms with E-state index in [0.717, 1.165) is 5.39 Å². The monoisotopic (exact) mass is 527 g/mol. The summed E-state index contributed by atoms with van der Waals surface area (Å²) in [5.74, 6) is -0.775. The number of fused-ring (bicyclic) bond motifs is 2. The fourth-order valence-electron chi connectivity index (χ4n) is 5.32. The zero-order chi connectivity index (χ0) is 27.1. The quantitative estimate of drug-likeness (QED) is 0.322. The highest BCUT2D eigenvalue weighted by Crippen LogP contribution is 2.43. The maximum absolute atomic E-state index is 14.3. The standard InChI is InChI=1S/C28H32F3N5O2/c1-17(2)38-23-5-3-4-19-6-8-22(33-25(19)23)26-35-34-24-9-7-20(15-36(24)26)21(28(29,30)31)14-18-10-12-27(32,16-37)13-11-18/h3-9,15,17-18,21,37H,10-14,16,32H2,1-2H3/t18?,21-,27?/m1/s1. The van der Waals surface area contributed by atoms with Gasteiger partial charge in [-0.3, -0.25) is 4.40 Å². The van der Waals surface area contributed by atoms with E-state index in [0.29, 0.717) is 54.1 Å². The lowest BCUT2D eigenvalue weighted by molar-refractivity contribution is -0.155. The average molecular weight is 528 g/mol. The van der Waals surface area contributed by atoms with Gasteiger partial charge >= 0.3 is 6.18 Å². The summed E-state index contributed by atoms with van der Waals surface area (Å²) in [6.45, 7) is 3.71. The van der Waals surface area contributed by atoms with Gasteiger partial charge in [0, 0.05) is 17.1 Å². The summed E-state index contributed by atoms with van der Waals surface area (Å²) in [5.41, 5.74) is 7.18. The van der Waals surface area contributed by atoms with Crippen molar-refractivity contribution in [3.8, 4) is 17.3 Å². The normalized spacial score (nSPS) is 21.3. The van der Waals surface area contributed by atoms with Crippen LogP contribution in [0.3, 0.4) is 0 Å². The SMILES string of the molecule is CC(C)Oc1cccc2ccc(-c3nnc4ccc([C@@H](CC5CCC(N)(CO)CC5)C(F)(F)F)cn34)nc12. The molecule has 0 amide bonds. The Morgan fingerprint density at radius 2 is 1.87 bits per heavy atom. The van der Waals surface area contributed by atoms with E-state index >= 15 is 0 Å². The van der Waals surface area contributed by atoms with E-state index in [-0.39, 0.29) is 30.6 Å². The minimum Gasteiger partial charge on any atom is -0.489 e. The van der Waals surface area contributed by atoms with Crippen LogP contribution in [-0.2, 0) is 0 Å². The molecule has 7 nitrogen and oxygen atoms in total. The zero-order valence-corrected chi connectivity index (χ0v) is 21.4. The van der Waals surface area contributed by atoms with Crippen LogP contribution in [0.1, 0.15) is 57.4 Å². The Hall–Kier alpha value is -3.24. The Kier molecular flexibility index (Phi) is 7.04. The smallest absolute Gasteiger partial charge is 0.395 e. The van der Waals surface area contributed by atoms with Crippen molar-refractivity contribution in [3.05, 3.63) is 54.2 Å². The van der Waals surface area contributed by atoms with Crippen LogP contribution >= 0.6 is 0 Å². The number of rotatable bonds is 7. The van der Waals surface area contributed by atoms with Crippen LogP contribution in [0.2, 0.25) is 0 Å². The molecule has 1 atom stereocenters. The van der Waals surface area contributed by atoms with Crippen molar-refractivity contribution < 1.29 is 23.0 Å². The number of benzene rings is 1. The van der Waals surface area contributed by atoms with Crippen molar-refractivity contribution >= 4 is 16.6 Å². The number of alkyl halides is 3. The number of pyridine rings is 2. The third-order valence-electron chi connectivity index (χ3n) is 7.48. The molecule has 38 heavy (non-hydrogen) atoms. The Bertz CT molecular complexity index is 1430. The van der Waals surface area contributed by atoms with Gasteiger partial charge in [0.1, 0.15) is 17.0 Å². The number of aliphatic hydroxyl groups excluding tert-OH is 1. The molecule has 0 aliphatic heterocycles. The van der Waals surface area contributed by atoms with Crippen LogP contribution < -0.4 is 10.5 Å².